The summed E-state index contributed by atoms with van der Waals surface area (Å²) in [6, 6.07) is 3.33. The van der Waals surface area contributed by atoms with Crippen LogP contribution in [-0.4, -0.2) is 23.8 Å². The van der Waals surface area contributed by atoms with E-state index in [0.29, 0.717) is 11.4 Å². The van der Waals surface area contributed by atoms with Crippen molar-refractivity contribution in [2.45, 2.75) is 31.1 Å². The average Bonchev–Trinajstić information content (AvgIpc) is 3.07. The number of halogens is 3. The largest absolute Gasteiger partial charge is 0.481 e. The molecule has 1 aromatic rings. The molecular formula is C11H13F3N2O. The quantitative estimate of drug-likeness (QED) is 0.885. The third-order valence-corrected chi connectivity index (χ3v) is 2.93. The van der Waals surface area contributed by atoms with Crippen LogP contribution < -0.4 is 10.1 Å². The summed E-state index contributed by atoms with van der Waals surface area (Å²) < 4.78 is 42.7. The van der Waals surface area contributed by atoms with E-state index in [1.165, 1.54) is 13.3 Å². The monoisotopic (exact) mass is 246 g/mol. The normalized spacial score (nSPS) is 17.9. The minimum atomic E-state index is -4.17. The highest BCUT2D eigenvalue weighted by Crippen LogP contribution is 2.49. The maximum Gasteiger partial charge on any atom is 0.406 e. The van der Waals surface area contributed by atoms with E-state index in [1.807, 2.05) is 0 Å². The van der Waals surface area contributed by atoms with Crippen LogP contribution in [0.3, 0.4) is 0 Å². The van der Waals surface area contributed by atoms with Crippen LogP contribution in [0.4, 0.5) is 13.2 Å². The second kappa shape index (κ2) is 4.18. The minimum absolute atomic E-state index is 0.153. The van der Waals surface area contributed by atoms with Gasteiger partial charge in [0.05, 0.1) is 7.11 Å². The van der Waals surface area contributed by atoms with E-state index < -0.39 is 11.7 Å². The number of alkyl halides is 3. The Morgan fingerprint density at radius 3 is 2.53 bits per heavy atom. The summed E-state index contributed by atoms with van der Waals surface area (Å²) in [5.74, 6) is 0.450. The Balaban J connectivity index is 1.94. The van der Waals surface area contributed by atoms with Crippen molar-refractivity contribution in [3.8, 4) is 5.88 Å². The highest BCUT2D eigenvalue weighted by molar-refractivity contribution is 5.19. The van der Waals surface area contributed by atoms with Crippen LogP contribution in [0.5, 0.6) is 5.88 Å². The summed E-state index contributed by atoms with van der Waals surface area (Å²) in [6.07, 6.45) is -2.36. The van der Waals surface area contributed by atoms with Gasteiger partial charge in [-0.1, -0.05) is 6.07 Å². The molecule has 3 nitrogen and oxygen atoms in total. The van der Waals surface area contributed by atoms with Gasteiger partial charge in [-0.25, -0.2) is 4.98 Å². The Morgan fingerprint density at radius 1 is 1.41 bits per heavy atom. The molecule has 0 aromatic carbocycles. The van der Waals surface area contributed by atoms with E-state index in [9.17, 15) is 13.2 Å². The highest BCUT2D eigenvalue weighted by atomic mass is 19.4. The SMILES string of the molecule is COc1ccc(CNC2(C(F)(F)F)CC2)cn1. The fourth-order valence-electron chi connectivity index (χ4n) is 1.59. The van der Waals surface area contributed by atoms with Gasteiger partial charge in [0.15, 0.2) is 0 Å². The first-order valence-electron chi connectivity index (χ1n) is 5.27. The molecule has 0 amide bonds. The molecule has 0 saturated heterocycles. The molecule has 1 heterocycles. The van der Waals surface area contributed by atoms with Gasteiger partial charge in [0, 0.05) is 18.8 Å². The van der Waals surface area contributed by atoms with E-state index in [-0.39, 0.29) is 19.4 Å². The summed E-state index contributed by atoms with van der Waals surface area (Å²) in [5, 5.41) is 2.56. The second-order valence-corrected chi connectivity index (χ2v) is 4.14. The molecule has 0 radical (unpaired) electrons. The molecule has 1 aliphatic carbocycles. The number of aromatic nitrogens is 1. The van der Waals surface area contributed by atoms with Gasteiger partial charge in [-0.3, -0.25) is 5.32 Å². The number of pyridine rings is 1. The van der Waals surface area contributed by atoms with Gasteiger partial charge in [-0.2, -0.15) is 13.2 Å². The first kappa shape index (κ1) is 12.2. The molecule has 6 heteroatoms. The molecule has 17 heavy (non-hydrogen) atoms. The Morgan fingerprint density at radius 2 is 2.12 bits per heavy atom. The Bertz CT molecular complexity index is 385. The maximum absolute atomic E-state index is 12.6. The van der Waals surface area contributed by atoms with Crippen LogP contribution in [-0.2, 0) is 6.54 Å². The predicted molar refractivity (Wildman–Crippen MR) is 55.6 cm³/mol. The lowest BCUT2D eigenvalue weighted by Gasteiger charge is -2.20. The number of nitrogens with one attached hydrogen (secondary N) is 1. The van der Waals surface area contributed by atoms with Crippen molar-refractivity contribution >= 4 is 0 Å². The summed E-state index contributed by atoms with van der Waals surface area (Å²) in [7, 11) is 1.49. The van der Waals surface area contributed by atoms with Crippen molar-refractivity contribution < 1.29 is 17.9 Å². The highest BCUT2D eigenvalue weighted by Gasteiger charge is 2.62. The van der Waals surface area contributed by atoms with Gasteiger partial charge >= 0.3 is 6.18 Å². The minimum Gasteiger partial charge on any atom is -0.481 e. The van der Waals surface area contributed by atoms with E-state index in [4.69, 9.17) is 4.74 Å². The van der Waals surface area contributed by atoms with E-state index in [1.54, 1.807) is 12.1 Å². The molecule has 0 spiro atoms. The number of hydrogen-bond acceptors (Lipinski definition) is 3. The number of methoxy groups -OCH3 is 1. The van der Waals surface area contributed by atoms with Crippen LogP contribution in [0.25, 0.3) is 0 Å². The van der Waals surface area contributed by atoms with Crippen LogP contribution >= 0.6 is 0 Å². The van der Waals surface area contributed by atoms with Gasteiger partial charge in [0.25, 0.3) is 0 Å². The molecular weight excluding hydrogens is 233 g/mol. The Labute approximate surface area is 97.0 Å². The topological polar surface area (TPSA) is 34.1 Å². The van der Waals surface area contributed by atoms with E-state index in [0.717, 1.165) is 0 Å². The molecule has 1 N–H and O–H groups in total. The van der Waals surface area contributed by atoms with Crippen LogP contribution in [0.2, 0.25) is 0 Å². The fourth-order valence-corrected chi connectivity index (χ4v) is 1.59. The second-order valence-electron chi connectivity index (χ2n) is 4.14. The van der Waals surface area contributed by atoms with Gasteiger partial charge < -0.3 is 4.74 Å². The van der Waals surface area contributed by atoms with Gasteiger partial charge in [0.1, 0.15) is 5.54 Å². The van der Waals surface area contributed by atoms with Crippen molar-refractivity contribution in [1.29, 1.82) is 0 Å². The number of hydrogen-bond donors (Lipinski definition) is 1. The first-order chi connectivity index (χ1) is 7.97. The van der Waals surface area contributed by atoms with Crippen LogP contribution in [0.15, 0.2) is 18.3 Å². The van der Waals surface area contributed by atoms with Crippen molar-refractivity contribution in [2.75, 3.05) is 7.11 Å². The zero-order valence-corrected chi connectivity index (χ0v) is 9.34. The fraction of sp³-hybridized carbons (Fsp3) is 0.545. The van der Waals surface area contributed by atoms with E-state index >= 15 is 0 Å². The molecule has 1 fully saturated rings. The third kappa shape index (κ3) is 2.52. The lowest BCUT2D eigenvalue weighted by Crippen LogP contribution is -2.44. The maximum atomic E-state index is 12.6. The molecule has 1 saturated carbocycles. The third-order valence-electron chi connectivity index (χ3n) is 2.93. The molecule has 0 bridgehead atoms. The van der Waals surface area contributed by atoms with Gasteiger partial charge in [-0.15, -0.1) is 0 Å². The summed E-state index contributed by atoms with van der Waals surface area (Å²) in [5.41, 5.74) is -0.964. The number of rotatable bonds is 4. The summed E-state index contributed by atoms with van der Waals surface area (Å²) >= 11 is 0. The standard InChI is InChI=1S/C11H13F3N2O/c1-17-9-3-2-8(6-15-9)7-16-10(4-5-10)11(12,13)14/h2-3,6,16H,4-5,7H2,1H3. The Kier molecular flexibility index (Phi) is 2.99. The average molecular weight is 246 g/mol. The lowest BCUT2D eigenvalue weighted by atomic mass is 10.2. The van der Waals surface area contributed by atoms with Crippen molar-refractivity contribution in [2.24, 2.45) is 0 Å². The van der Waals surface area contributed by atoms with Crippen LogP contribution in [0.1, 0.15) is 18.4 Å². The van der Waals surface area contributed by atoms with Crippen molar-refractivity contribution in [1.82, 2.24) is 10.3 Å². The number of nitrogens with zero attached hydrogens (tertiary/aromatic N) is 1. The molecule has 1 aromatic heterocycles. The molecule has 1 aliphatic rings. The zero-order valence-electron chi connectivity index (χ0n) is 9.34. The summed E-state index contributed by atoms with van der Waals surface area (Å²) in [6.45, 7) is 0.163. The van der Waals surface area contributed by atoms with Crippen LogP contribution in [0, 0.1) is 0 Å². The molecule has 94 valence electrons. The molecule has 0 unspecified atom stereocenters. The molecule has 0 aliphatic heterocycles. The van der Waals surface area contributed by atoms with Crippen molar-refractivity contribution in [3.05, 3.63) is 23.9 Å². The molecule has 0 atom stereocenters. The smallest absolute Gasteiger partial charge is 0.406 e. The van der Waals surface area contributed by atoms with E-state index in [2.05, 4.69) is 10.3 Å². The zero-order chi connectivity index (χ0) is 12.5. The summed E-state index contributed by atoms with van der Waals surface area (Å²) in [4.78, 5) is 3.94. The number of ether oxygens (including phenoxy) is 1. The van der Waals surface area contributed by atoms with Gasteiger partial charge in [0.2, 0.25) is 5.88 Å². The molecule has 2 rings (SSSR count). The van der Waals surface area contributed by atoms with Crippen molar-refractivity contribution in [3.63, 3.8) is 0 Å². The van der Waals surface area contributed by atoms with Gasteiger partial charge in [-0.05, 0) is 18.4 Å². The first-order valence-corrected chi connectivity index (χ1v) is 5.27. The Hall–Kier alpha value is -1.30. The lowest BCUT2D eigenvalue weighted by molar-refractivity contribution is -0.166. The predicted octanol–water partition coefficient (Wildman–Crippen LogP) is 2.27.